The molecule has 0 aromatic carbocycles. The first kappa shape index (κ1) is 15.8. The number of unbranched alkanes of at least 4 members (excludes halogenated alkanes) is 2. The molecule has 2 N–H and O–H groups in total. The van der Waals surface area contributed by atoms with E-state index in [9.17, 15) is 4.79 Å². The minimum atomic E-state index is -0.756. The van der Waals surface area contributed by atoms with Gasteiger partial charge in [-0.25, -0.2) is 0 Å². The van der Waals surface area contributed by atoms with Gasteiger partial charge < -0.3 is 10.4 Å². The molecule has 0 spiro atoms. The molecule has 0 aliphatic rings. The smallest absolute Gasteiger partial charge is 0.323 e. The van der Waals surface area contributed by atoms with Crippen LogP contribution in [0, 0.1) is 0 Å². The highest BCUT2D eigenvalue weighted by Crippen LogP contribution is 2.16. The topological polar surface area (TPSA) is 49.3 Å². The highest BCUT2D eigenvalue weighted by molar-refractivity contribution is 7.99. The Morgan fingerprint density at radius 3 is 2.44 bits per heavy atom. The van der Waals surface area contributed by atoms with Crippen LogP contribution in [0.25, 0.3) is 0 Å². The molecule has 0 amide bonds. The number of hydrogen-bond donors (Lipinski definition) is 2. The van der Waals surface area contributed by atoms with E-state index in [1.165, 1.54) is 18.6 Å². The summed E-state index contributed by atoms with van der Waals surface area (Å²) in [6, 6.07) is 0. The molecular weight excluding hydrogens is 222 g/mol. The van der Waals surface area contributed by atoms with Crippen molar-refractivity contribution in [3.05, 3.63) is 0 Å². The lowest BCUT2D eigenvalue weighted by Gasteiger charge is -2.23. The Balaban J connectivity index is 3.53. The Hall–Kier alpha value is -0.220. The average molecular weight is 247 g/mol. The Bertz CT molecular complexity index is 199. The monoisotopic (exact) mass is 247 g/mol. The molecule has 0 aliphatic heterocycles. The van der Waals surface area contributed by atoms with E-state index in [0.717, 1.165) is 18.6 Å². The quantitative estimate of drug-likeness (QED) is 0.583. The van der Waals surface area contributed by atoms with Crippen molar-refractivity contribution in [3.8, 4) is 0 Å². The Morgan fingerprint density at radius 2 is 1.94 bits per heavy atom. The standard InChI is InChI=1S/C12H25NO2S/c1-4-5-9-16-10-7-6-8-12(2,13-3)11(14)15/h13H,4-10H2,1-3H3,(H,14,15). The van der Waals surface area contributed by atoms with Crippen molar-refractivity contribution in [3.63, 3.8) is 0 Å². The van der Waals surface area contributed by atoms with Crippen molar-refractivity contribution in [2.24, 2.45) is 0 Å². The molecule has 16 heavy (non-hydrogen) atoms. The normalized spacial score (nSPS) is 14.7. The molecule has 0 aromatic heterocycles. The summed E-state index contributed by atoms with van der Waals surface area (Å²) < 4.78 is 0. The van der Waals surface area contributed by atoms with Gasteiger partial charge in [-0.3, -0.25) is 4.79 Å². The van der Waals surface area contributed by atoms with Gasteiger partial charge in [0.2, 0.25) is 0 Å². The molecule has 0 fully saturated rings. The third-order valence-electron chi connectivity index (χ3n) is 2.88. The summed E-state index contributed by atoms with van der Waals surface area (Å²) in [6.07, 6.45) is 5.33. The first-order valence-corrected chi connectivity index (χ1v) is 7.22. The van der Waals surface area contributed by atoms with Crippen molar-refractivity contribution in [2.45, 2.75) is 51.5 Å². The van der Waals surface area contributed by atoms with E-state index < -0.39 is 11.5 Å². The van der Waals surface area contributed by atoms with Gasteiger partial charge in [0.05, 0.1) is 0 Å². The van der Waals surface area contributed by atoms with Gasteiger partial charge >= 0.3 is 5.97 Å². The van der Waals surface area contributed by atoms with Crippen LogP contribution in [0.2, 0.25) is 0 Å². The summed E-state index contributed by atoms with van der Waals surface area (Å²) in [5.41, 5.74) is -0.756. The lowest BCUT2D eigenvalue weighted by molar-refractivity contribution is -0.144. The number of carboxylic acids is 1. The molecule has 0 saturated carbocycles. The van der Waals surface area contributed by atoms with Gasteiger partial charge in [-0.1, -0.05) is 19.8 Å². The number of nitrogens with one attached hydrogen (secondary N) is 1. The van der Waals surface area contributed by atoms with E-state index in [4.69, 9.17) is 5.11 Å². The number of carboxylic acid groups (broad SMARTS) is 1. The molecule has 0 aliphatic carbocycles. The van der Waals surface area contributed by atoms with Gasteiger partial charge in [0.1, 0.15) is 5.54 Å². The lowest BCUT2D eigenvalue weighted by atomic mass is 9.95. The maximum atomic E-state index is 11.0. The van der Waals surface area contributed by atoms with Crippen LogP contribution in [0.3, 0.4) is 0 Å². The minimum absolute atomic E-state index is 0.702. The molecule has 1 unspecified atom stereocenters. The third kappa shape index (κ3) is 6.38. The average Bonchev–Trinajstić information content (AvgIpc) is 2.27. The second-order valence-corrected chi connectivity index (χ2v) is 5.54. The molecule has 3 nitrogen and oxygen atoms in total. The summed E-state index contributed by atoms with van der Waals surface area (Å²) in [5, 5.41) is 11.9. The van der Waals surface area contributed by atoms with E-state index in [2.05, 4.69) is 12.2 Å². The SMILES string of the molecule is CCCCSCCCCC(C)(NC)C(=O)O. The molecule has 96 valence electrons. The van der Waals surface area contributed by atoms with Crippen LogP contribution in [-0.4, -0.2) is 35.2 Å². The molecule has 0 rings (SSSR count). The fourth-order valence-corrected chi connectivity index (χ4v) is 2.48. The second-order valence-electron chi connectivity index (χ2n) is 4.31. The van der Waals surface area contributed by atoms with Gasteiger partial charge in [0.25, 0.3) is 0 Å². The van der Waals surface area contributed by atoms with E-state index >= 15 is 0 Å². The largest absolute Gasteiger partial charge is 0.480 e. The van der Waals surface area contributed by atoms with Crippen LogP contribution in [0.4, 0.5) is 0 Å². The van der Waals surface area contributed by atoms with Crippen LogP contribution in [0.5, 0.6) is 0 Å². The maximum absolute atomic E-state index is 11.0. The molecule has 0 heterocycles. The van der Waals surface area contributed by atoms with Crippen molar-refractivity contribution in [2.75, 3.05) is 18.6 Å². The molecule has 0 bridgehead atoms. The Morgan fingerprint density at radius 1 is 1.31 bits per heavy atom. The zero-order valence-corrected chi connectivity index (χ0v) is 11.5. The zero-order chi connectivity index (χ0) is 12.4. The van der Waals surface area contributed by atoms with Crippen LogP contribution in [-0.2, 0) is 4.79 Å². The van der Waals surface area contributed by atoms with Crippen LogP contribution in [0.1, 0.15) is 46.0 Å². The summed E-state index contributed by atoms with van der Waals surface area (Å²) in [7, 11) is 1.71. The first-order valence-electron chi connectivity index (χ1n) is 6.07. The minimum Gasteiger partial charge on any atom is -0.480 e. The molecular formula is C12H25NO2S. The van der Waals surface area contributed by atoms with Crippen molar-refractivity contribution < 1.29 is 9.90 Å². The molecule has 0 aromatic rings. The number of rotatable bonds is 10. The van der Waals surface area contributed by atoms with Crippen LogP contribution >= 0.6 is 11.8 Å². The Kier molecular flexibility index (Phi) is 8.76. The zero-order valence-electron chi connectivity index (χ0n) is 10.7. The van der Waals surface area contributed by atoms with Crippen LogP contribution < -0.4 is 5.32 Å². The summed E-state index contributed by atoms with van der Waals surface area (Å²) in [4.78, 5) is 11.0. The number of hydrogen-bond acceptors (Lipinski definition) is 3. The van der Waals surface area contributed by atoms with Gasteiger partial charge in [-0.15, -0.1) is 0 Å². The highest BCUT2D eigenvalue weighted by Gasteiger charge is 2.29. The fraction of sp³-hybridized carbons (Fsp3) is 0.917. The summed E-state index contributed by atoms with van der Waals surface area (Å²) in [5.74, 6) is 1.63. The summed E-state index contributed by atoms with van der Waals surface area (Å²) >= 11 is 1.98. The maximum Gasteiger partial charge on any atom is 0.323 e. The highest BCUT2D eigenvalue weighted by atomic mass is 32.2. The molecule has 0 radical (unpaired) electrons. The van der Waals surface area contributed by atoms with E-state index in [1.807, 2.05) is 11.8 Å². The number of aliphatic carboxylic acids is 1. The third-order valence-corrected chi connectivity index (χ3v) is 4.04. The van der Waals surface area contributed by atoms with Crippen molar-refractivity contribution in [1.29, 1.82) is 0 Å². The lowest BCUT2D eigenvalue weighted by Crippen LogP contribution is -2.47. The predicted octanol–water partition coefficient (Wildman–Crippen LogP) is 2.75. The molecule has 1 atom stereocenters. The predicted molar refractivity (Wildman–Crippen MR) is 71.2 cm³/mol. The number of thioether (sulfide) groups is 1. The van der Waals surface area contributed by atoms with Gasteiger partial charge in [-0.2, -0.15) is 11.8 Å². The van der Waals surface area contributed by atoms with Gasteiger partial charge in [-0.05, 0) is 44.7 Å². The van der Waals surface area contributed by atoms with E-state index in [1.54, 1.807) is 14.0 Å². The Labute approximate surface area is 103 Å². The van der Waals surface area contributed by atoms with Crippen molar-refractivity contribution >= 4 is 17.7 Å². The van der Waals surface area contributed by atoms with Crippen molar-refractivity contribution in [1.82, 2.24) is 5.32 Å². The number of carbonyl (C=O) groups is 1. The van der Waals surface area contributed by atoms with E-state index in [-0.39, 0.29) is 0 Å². The first-order chi connectivity index (χ1) is 7.56. The van der Waals surface area contributed by atoms with Gasteiger partial charge in [0, 0.05) is 0 Å². The van der Waals surface area contributed by atoms with Gasteiger partial charge in [0.15, 0.2) is 0 Å². The number of likely N-dealkylation sites (N-methyl/N-ethyl adjacent to an activating group) is 1. The fourth-order valence-electron chi connectivity index (χ4n) is 1.37. The molecule has 4 heteroatoms. The molecule has 0 saturated heterocycles. The van der Waals surface area contributed by atoms with Crippen LogP contribution in [0.15, 0.2) is 0 Å². The van der Waals surface area contributed by atoms with E-state index in [0.29, 0.717) is 6.42 Å². The summed E-state index contributed by atoms with van der Waals surface area (Å²) in [6.45, 7) is 3.95. The second kappa shape index (κ2) is 8.88.